The van der Waals surface area contributed by atoms with Crippen molar-refractivity contribution in [3.05, 3.63) is 70.0 Å². The molecule has 4 aromatic rings. The first-order valence-corrected chi connectivity index (χ1v) is 24.5. The van der Waals surface area contributed by atoms with Gasteiger partial charge in [-0.1, -0.05) is 0 Å². The van der Waals surface area contributed by atoms with Crippen LogP contribution in [-0.4, -0.2) is 115 Å². The Labute approximate surface area is 384 Å². The monoisotopic (exact) mass is 898 g/mol. The molecule has 2 fully saturated rings. The van der Waals surface area contributed by atoms with Crippen molar-refractivity contribution in [1.82, 2.24) is 24.3 Å². The molecule has 2 aliphatic carbocycles. The Balaban J connectivity index is 0.000000195. The summed E-state index contributed by atoms with van der Waals surface area (Å²) in [6.07, 6.45) is 12.9. The highest BCUT2D eigenvalue weighted by Gasteiger charge is 2.33. The number of nitrogens with one attached hydrogen (secondary N) is 1. The Bertz CT molecular complexity index is 2290. The quantitative estimate of drug-likeness (QED) is 0.116. The molecule has 12 nitrogen and oxygen atoms in total. The number of carboxylic acids is 1. The van der Waals surface area contributed by atoms with Crippen molar-refractivity contribution in [3.63, 3.8) is 0 Å². The van der Waals surface area contributed by atoms with Gasteiger partial charge < -0.3 is 38.8 Å². The van der Waals surface area contributed by atoms with Crippen LogP contribution in [0.3, 0.4) is 0 Å². The molecule has 8 rings (SSSR count). The highest BCUT2D eigenvalue weighted by Crippen LogP contribution is 2.41. The van der Waals surface area contributed by atoms with Crippen molar-refractivity contribution in [2.45, 2.75) is 117 Å². The zero-order chi connectivity index (χ0) is 46.0. The second kappa shape index (κ2) is 22.6. The van der Waals surface area contributed by atoms with Gasteiger partial charge in [-0.2, -0.15) is 0 Å². The first-order valence-electron chi connectivity index (χ1n) is 24.5. The van der Waals surface area contributed by atoms with E-state index in [2.05, 4.69) is 52.6 Å². The average molecular weight is 898 g/mol. The molecule has 13 heteroatoms. The van der Waals surface area contributed by atoms with Gasteiger partial charge >= 0.3 is 5.97 Å². The Kier molecular flexibility index (Phi) is 16.8. The molecule has 2 aromatic carbocycles. The largest absolute Gasteiger partial charge is 0.481 e. The van der Waals surface area contributed by atoms with E-state index in [9.17, 15) is 23.6 Å². The third kappa shape index (κ3) is 11.3. The Hall–Kier alpha value is -4.75. The van der Waals surface area contributed by atoms with E-state index in [0.29, 0.717) is 48.9 Å². The summed E-state index contributed by atoms with van der Waals surface area (Å²) in [6.45, 7) is 10.2. The van der Waals surface area contributed by atoms with Gasteiger partial charge in [0.1, 0.15) is 6.67 Å². The van der Waals surface area contributed by atoms with Crippen LogP contribution >= 0.6 is 0 Å². The number of rotatable bonds is 16. The van der Waals surface area contributed by atoms with E-state index in [1.807, 2.05) is 12.1 Å². The molecule has 2 unspecified atom stereocenters. The van der Waals surface area contributed by atoms with Crippen LogP contribution in [0, 0.1) is 23.7 Å². The minimum atomic E-state index is -0.825. The van der Waals surface area contributed by atoms with Gasteiger partial charge in [-0.25, -0.2) is 4.39 Å². The van der Waals surface area contributed by atoms with Crippen LogP contribution in [0.2, 0.25) is 0 Å². The lowest BCUT2D eigenvalue weighted by molar-refractivity contribution is -0.137. The van der Waals surface area contributed by atoms with Crippen molar-refractivity contribution in [3.8, 4) is 0 Å². The molecular formula is C52H72FN5O7. The summed E-state index contributed by atoms with van der Waals surface area (Å²) >= 11 is 0. The van der Waals surface area contributed by atoms with E-state index in [1.165, 1.54) is 57.2 Å². The van der Waals surface area contributed by atoms with Crippen molar-refractivity contribution in [1.29, 1.82) is 0 Å². The van der Waals surface area contributed by atoms with Crippen LogP contribution in [0.25, 0.3) is 21.8 Å². The number of amides is 3. The molecular weight excluding hydrogens is 826 g/mol. The molecule has 65 heavy (non-hydrogen) atoms. The number of carbonyl (C=O) groups excluding carboxylic acids is 3. The minimum absolute atomic E-state index is 0.0270. The van der Waals surface area contributed by atoms with Crippen molar-refractivity contribution >= 4 is 45.5 Å². The van der Waals surface area contributed by atoms with Gasteiger partial charge in [0.25, 0.3) is 11.8 Å². The number of hydrogen-bond acceptors (Lipinski definition) is 6. The predicted molar refractivity (Wildman–Crippen MR) is 252 cm³/mol. The molecule has 3 amide bonds. The van der Waals surface area contributed by atoms with Crippen LogP contribution in [0.1, 0.15) is 121 Å². The fourth-order valence-corrected chi connectivity index (χ4v) is 11.4. The number of fused-ring (bicyclic) bond motifs is 6. The fourth-order valence-electron chi connectivity index (χ4n) is 11.4. The maximum Gasteiger partial charge on any atom is 0.303 e. The van der Waals surface area contributed by atoms with E-state index >= 15 is 0 Å². The van der Waals surface area contributed by atoms with Gasteiger partial charge in [0, 0.05) is 130 Å². The second-order valence-corrected chi connectivity index (χ2v) is 18.8. The summed E-state index contributed by atoms with van der Waals surface area (Å²) in [6, 6.07) is 12.2. The molecule has 4 heterocycles. The normalized spacial score (nSPS) is 19.0. The Morgan fingerprint density at radius 2 is 1.12 bits per heavy atom. The summed E-state index contributed by atoms with van der Waals surface area (Å²) in [5, 5.41) is 13.8. The van der Waals surface area contributed by atoms with Crippen LogP contribution in [-0.2, 0) is 57.8 Å². The smallest absolute Gasteiger partial charge is 0.303 e. The third-order valence-electron chi connectivity index (χ3n) is 14.9. The van der Waals surface area contributed by atoms with Gasteiger partial charge in [0.2, 0.25) is 5.91 Å². The standard InChI is InChI=1S/C27H38FN3O3.C25H34N2O4/c1-3-31-24-8-6-20(19-10-15-34-16-11-19)17-22(24)23-18-21(7-9-25(23)31)27(33)30(2)14-4-5-26(32)29-13-12-28;1-3-27-22-8-6-18(17-10-13-31-14-11-17)15-20(22)21-16-19(7-9-23(21)27)25(30)26(2)12-4-5-24(28)29/h7,9,18-20H,3-6,8,10-17H2,1-2H3,(H,29,32);7,9,16-18H,3-6,8,10-15H2,1-2H3,(H,28,29). The highest BCUT2D eigenvalue weighted by atomic mass is 19.1. The lowest BCUT2D eigenvalue weighted by atomic mass is 9.75. The Morgan fingerprint density at radius 1 is 0.677 bits per heavy atom. The van der Waals surface area contributed by atoms with E-state index in [4.69, 9.17) is 14.6 Å². The van der Waals surface area contributed by atoms with Gasteiger partial charge in [-0.3, -0.25) is 19.2 Å². The fraction of sp³-hybridized carbons (Fsp3) is 0.615. The van der Waals surface area contributed by atoms with Gasteiger partial charge in [-0.05, 0) is 162 Å². The SMILES string of the molecule is CCn1c2c(c3cc(C(=O)N(C)CCCC(=O)NCCF)ccc31)CC(C1CCOCC1)CC2.CCn1c2c(c3cc(C(=O)N(C)CCCC(=O)O)ccc31)CC(C1CCOCC1)CC2. The number of hydrogen-bond donors (Lipinski definition) is 2. The lowest BCUT2D eigenvalue weighted by Crippen LogP contribution is -2.30. The number of nitrogens with zero attached hydrogens (tertiary/aromatic N) is 4. The van der Waals surface area contributed by atoms with Gasteiger partial charge in [-0.15, -0.1) is 0 Å². The van der Waals surface area contributed by atoms with Crippen molar-refractivity contribution in [2.75, 3.05) is 66.8 Å². The van der Waals surface area contributed by atoms with Gasteiger partial charge in [0.05, 0.1) is 0 Å². The number of aromatic nitrogens is 2. The predicted octanol–water partition coefficient (Wildman–Crippen LogP) is 8.26. The molecule has 0 saturated carbocycles. The first-order chi connectivity index (χ1) is 31.5. The number of carbonyl (C=O) groups is 4. The number of alkyl halides is 1. The number of aliphatic carboxylic acids is 1. The van der Waals surface area contributed by atoms with Crippen LogP contribution in [0.5, 0.6) is 0 Å². The molecule has 0 bridgehead atoms. The molecule has 2 aromatic heterocycles. The third-order valence-corrected chi connectivity index (χ3v) is 14.9. The zero-order valence-corrected chi connectivity index (χ0v) is 39.3. The molecule has 0 spiro atoms. The maximum atomic E-state index is 13.1. The summed E-state index contributed by atoms with van der Waals surface area (Å²) in [7, 11) is 3.53. The molecule has 2 saturated heterocycles. The lowest BCUT2D eigenvalue weighted by Gasteiger charge is -2.33. The minimum Gasteiger partial charge on any atom is -0.481 e. The number of carboxylic acid groups (broad SMARTS) is 1. The van der Waals surface area contributed by atoms with Crippen LogP contribution < -0.4 is 5.32 Å². The number of benzene rings is 2. The topological polar surface area (TPSA) is 135 Å². The number of ether oxygens (including phenoxy) is 2. The molecule has 0 radical (unpaired) electrons. The average Bonchev–Trinajstić information content (AvgIpc) is 3.83. The molecule has 2 N–H and O–H groups in total. The number of aryl methyl sites for hydroxylation is 2. The molecule has 2 atom stereocenters. The van der Waals surface area contributed by atoms with Gasteiger partial charge in [0.15, 0.2) is 0 Å². The Morgan fingerprint density at radius 3 is 1.54 bits per heavy atom. The highest BCUT2D eigenvalue weighted by molar-refractivity contribution is 6.00. The number of halogens is 1. The van der Waals surface area contributed by atoms with E-state index in [0.717, 1.165) is 103 Å². The maximum absolute atomic E-state index is 13.1. The van der Waals surface area contributed by atoms with Crippen LogP contribution in [0.4, 0.5) is 4.39 Å². The molecule has 2 aliphatic heterocycles. The van der Waals surface area contributed by atoms with E-state index < -0.39 is 12.6 Å². The first kappa shape index (κ1) is 48.2. The summed E-state index contributed by atoms with van der Waals surface area (Å²) in [4.78, 5) is 51.9. The summed E-state index contributed by atoms with van der Waals surface area (Å²) in [5.74, 6) is 1.80. The zero-order valence-electron chi connectivity index (χ0n) is 39.3. The summed E-state index contributed by atoms with van der Waals surface area (Å²) < 4.78 is 28.2. The van der Waals surface area contributed by atoms with E-state index in [1.54, 1.807) is 23.9 Å². The molecule has 354 valence electrons. The van der Waals surface area contributed by atoms with E-state index in [-0.39, 0.29) is 37.1 Å². The summed E-state index contributed by atoms with van der Waals surface area (Å²) in [5.41, 5.74) is 9.59. The second-order valence-electron chi connectivity index (χ2n) is 18.8. The van der Waals surface area contributed by atoms with Crippen molar-refractivity contribution in [2.24, 2.45) is 23.7 Å². The van der Waals surface area contributed by atoms with Crippen molar-refractivity contribution < 1.29 is 38.1 Å². The molecule has 4 aliphatic rings. The van der Waals surface area contributed by atoms with Crippen LogP contribution in [0.15, 0.2) is 36.4 Å².